The maximum absolute atomic E-state index is 12.3. The normalized spacial score (nSPS) is 10.9. The third-order valence-corrected chi connectivity index (χ3v) is 4.05. The highest BCUT2D eigenvalue weighted by Gasteiger charge is 2.12. The standard InChI is InChI=1S/C21H13ClN2O4/c22-16-5-7-17(8-6-16)24-20(25)15(12-23)11-18-9-10-19(28-18)13-1-3-14(4-2-13)21(26)27/h1-11H,(H,24,25)(H,26,27)/b15-11+. The number of carboxylic acids is 1. The Morgan fingerprint density at radius 1 is 1.04 bits per heavy atom. The topological polar surface area (TPSA) is 103 Å². The summed E-state index contributed by atoms with van der Waals surface area (Å²) >= 11 is 5.80. The number of furan rings is 1. The molecule has 28 heavy (non-hydrogen) atoms. The fraction of sp³-hybridized carbons (Fsp3) is 0. The van der Waals surface area contributed by atoms with Crippen LogP contribution in [0.3, 0.4) is 0 Å². The van der Waals surface area contributed by atoms with Crippen molar-refractivity contribution in [2.45, 2.75) is 0 Å². The average molecular weight is 393 g/mol. The number of carbonyl (C=O) groups excluding carboxylic acids is 1. The first-order valence-electron chi connectivity index (χ1n) is 8.08. The molecular formula is C21H13ClN2O4. The van der Waals surface area contributed by atoms with Gasteiger partial charge in [0.2, 0.25) is 0 Å². The predicted molar refractivity (Wildman–Crippen MR) is 105 cm³/mol. The Hall–Kier alpha value is -3.82. The van der Waals surface area contributed by atoms with Gasteiger partial charge >= 0.3 is 5.97 Å². The summed E-state index contributed by atoms with van der Waals surface area (Å²) in [6.45, 7) is 0. The Kier molecular flexibility index (Phi) is 5.58. The van der Waals surface area contributed by atoms with Gasteiger partial charge in [-0.15, -0.1) is 0 Å². The summed E-state index contributed by atoms with van der Waals surface area (Å²) in [7, 11) is 0. The molecule has 0 fully saturated rings. The van der Waals surface area contributed by atoms with Gasteiger partial charge in [0, 0.05) is 22.3 Å². The number of hydrogen-bond acceptors (Lipinski definition) is 4. The van der Waals surface area contributed by atoms with Crippen LogP contribution in [0.2, 0.25) is 5.02 Å². The van der Waals surface area contributed by atoms with Crippen molar-refractivity contribution in [1.29, 1.82) is 5.26 Å². The largest absolute Gasteiger partial charge is 0.478 e. The molecule has 7 heteroatoms. The number of carbonyl (C=O) groups is 2. The molecule has 0 spiro atoms. The summed E-state index contributed by atoms with van der Waals surface area (Å²) < 4.78 is 5.65. The minimum Gasteiger partial charge on any atom is -0.478 e. The van der Waals surface area contributed by atoms with Crippen molar-refractivity contribution in [3.8, 4) is 17.4 Å². The monoisotopic (exact) mass is 392 g/mol. The highest BCUT2D eigenvalue weighted by Crippen LogP contribution is 2.24. The van der Waals surface area contributed by atoms with Crippen LogP contribution in [-0.4, -0.2) is 17.0 Å². The molecule has 6 nitrogen and oxygen atoms in total. The Balaban J connectivity index is 1.78. The molecule has 138 valence electrons. The molecule has 3 rings (SSSR count). The van der Waals surface area contributed by atoms with E-state index in [2.05, 4.69) is 5.32 Å². The average Bonchev–Trinajstić information content (AvgIpc) is 3.16. The molecule has 1 aromatic heterocycles. The minimum absolute atomic E-state index is 0.128. The van der Waals surface area contributed by atoms with Gasteiger partial charge in [0.1, 0.15) is 23.2 Å². The number of rotatable bonds is 5. The van der Waals surface area contributed by atoms with Gasteiger partial charge in [-0.05, 0) is 48.5 Å². The molecule has 0 unspecified atom stereocenters. The van der Waals surface area contributed by atoms with Gasteiger partial charge in [-0.1, -0.05) is 23.7 Å². The van der Waals surface area contributed by atoms with Gasteiger partial charge in [0.05, 0.1) is 5.56 Å². The fourth-order valence-electron chi connectivity index (χ4n) is 2.39. The first kappa shape index (κ1) is 19.0. The third kappa shape index (κ3) is 4.47. The molecule has 3 aromatic rings. The number of amides is 1. The maximum Gasteiger partial charge on any atom is 0.335 e. The lowest BCUT2D eigenvalue weighted by Crippen LogP contribution is -2.13. The van der Waals surface area contributed by atoms with Crippen molar-refractivity contribution in [3.63, 3.8) is 0 Å². The number of nitrogens with one attached hydrogen (secondary N) is 1. The van der Waals surface area contributed by atoms with Crippen LogP contribution < -0.4 is 5.32 Å². The van der Waals surface area contributed by atoms with Crippen molar-refractivity contribution in [2.75, 3.05) is 5.32 Å². The molecule has 0 saturated heterocycles. The van der Waals surface area contributed by atoms with Gasteiger partial charge in [-0.3, -0.25) is 4.79 Å². The first-order chi connectivity index (χ1) is 13.5. The third-order valence-electron chi connectivity index (χ3n) is 3.80. The van der Waals surface area contributed by atoms with Crippen molar-refractivity contribution < 1.29 is 19.1 Å². The van der Waals surface area contributed by atoms with E-state index in [1.807, 2.05) is 6.07 Å². The second-order valence-electron chi connectivity index (χ2n) is 5.72. The molecule has 2 aromatic carbocycles. The lowest BCUT2D eigenvalue weighted by Gasteiger charge is -2.03. The molecule has 1 heterocycles. The van der Waals surface area contributed by atoms with E-state index in [4.69, 9.17) is 21.1 Å². The molecule has 0 aliphatic rings. The molecule has 0 saturated carbocycles. The highest BCUT2D eigenvalue weighted by atomic mass is 35.5. The number of aromatic carboxylic acids is 1. The lowest BCUT2D eigenvalue weighted by molar-refractivity contribution is -0.112. The Morgan fingerprint density at radius 3 is 2.32 bits per heavy atom. The summed E-state index contributed by atoms with van der Waals surface area (Å²) in [4.78, 5) is 23.2. The van der Waals surface area contributed by atoms with Crippen LogP contribution in [0, 0.1) is 11.3 Å². The molecule has 0 aliphatic heterocycles. The summed E-state index contributed by atoms with van der Waals surface area (Å²) in [6, 6.07) is 17.8. The number of carboxylic acid groups (broad SMARTS) is 1. The number of hydrogen-bond donors (Lipinski definition) is 2. The second kappa shape index (κ2) is 8.25. The van der Waals surface area contributed by atoms with E-state index in [-0.39, 0.29) is 11.1 Å². The Bertz CT molecular complexity index is 1090. The van der Waals surface area contributed by atoms with E-state index in [1.165, 1.54) is 18.2 Å². The zero-order valence-corrected chi connectivity index (χ0v) is 15.1. The molecule has 0 bridgehead atoms. The van der Waals surface area contributed by atoms with Crippen LogP contribution in [0.1, 0.15) is 16.1 Å². The number of halogens is 1. The van der Waals surface area contributed by atoms with E-state index in [9.17, 15) is 14.9 Å². The fourth-order valence-corrected chi connectivity index (χ4v) is 2.51. The number of benzene rings is 2. The van der Waals surface area contributed by atoms with Gasteiger partial charge in [-0.25, -0.2) is 4.79 Å². The maximum atomic E-state index is 12.3. The van der Waals surface area contributed by atoms with E-state index in [0.29, 0.717) is 27.8 Å². The summed E-state index contributed by atoms with van der Waals surface area (Å²) in [5.74, 6) is -0.785. The van der Waals surface area contributed by atoms with Crippen LogP contribution in [0.15, 0.2) is 70.7 Å². The van der Waals surface area contributed by atoms with E-state index >= 15 is 0 Å². The summed E-state index contributed by atoms with van der Waals surface area (Å²) in [5.41, 5.74) is 1.22. The SMILES string of the molecule is N#C/C(=C\c1ccc(-c2ccc(C(=O)O)cc2)o1)C(=O)Nc1ccc(Cl)cc1. The van der Waals surface area contributed by atoms with E-state index in [1.54, 1.807) is 48.5 Å². The lowest BCUT2D eigenvalue weighted by atomic mass is 10.1. The number of anilines is 1. The predicted octanol–water partition coefficient (Wildman–Crippen LogP) is 4.84. The number of nitriles is 1. The first-order valence-corrected chi connectivity index (χ1v) is 8.46. The zero-order chi connectivity index (χ0) is 20.1. The molecule has 0 radical (unpaired) electrons. The van der Waals surface area contributed by atoms with E-state index in [0.717, 1.165) is 0 Å². The smallest absolute Gasteiger partial charge is 0.335 e. The van der Waals surface area contributed by atoms with Crippen LogP contribution in [0.5, 0.6) is 0 Å². The van der Waals surface area contributed by atoms with Crippen molar-refractivity contribution in [2.24, 2.45) is 0 Å². The quantitative estimate of drug-likeness (QED) is 0.477. The van der Waals surface area contributed by atoms with Gasteiger partial charge in [0.25, 0.3) is 5.91 Å². The Labute approximate surface area is 165 Å². The van der Waals surface area contributed by atoms with Crippen LogP contribution in [0.4, 0.5) is 5.69 Å². The highest BCUT2D eigenvalue weighted by molar-refractivity contribution is 6.30. The summed E-state index contributed by atoms with van der Waals surface area (Å²) in [6.07, 6.45) is 1.33. The van der Waals surface area contributed by atoms with Crippen molar-refractivity contribution in [3.05, 3.63) is 82.6 Å². The second-order valence-corrected chi connectivity index (χ2v) is 6.15. The Morgan fingerprint density at radius 2 is 1.71 bits per heavy atom. The molecule has 0 atom stereocenters. The van der Waals surface area contributed by atoms with E-state index < -0.39 is 11.9 Å². The van der Waals surface area contributed by atoms with Crippen LogP contribution in [-0.2, 0) is 4.79 Å². The van der Waals surface area contributed by atoms with Crippen molar-refractivity contribution in [1.82, 2.24) is 0 Å². The molecular weight excluding hydrogens is 380 g/mol. The van der Waals surface area contributed by atoms with Gasteiger partial charge in [0.15, 0.2) is 0 Å². The summed E-state index contributed by atoms with van der Waals surface area (Å²) in [5, 5.41) is 21.4. The number of nitrogens with zero attached hydrogens (tertiary/aromatic N) is 1. The molecule has 1 amide bonds. The molecule has 2 N–H and O–H groups in total. The van der Waals surface area contributed by atoms with Gasteiger partial charge in [-0.2, -0.15) is 5.26 Å². The van der Waals surface area contributed by atoms with Crippen LogP contribution in [0.25, 0.3) is 17.4 Å². The van der Waals surface area contributed by atoms with Gasteiger partial charge < -0.3 is 14.8 Å². The minimum atomic E-state index is -1.01. The van der Waals surface area contributed by atoms with Crippen molar-refractivity contribution >= 4 is 35.2 Å². The van der Waals surface area contributed by atoms with Crippen LogP contribution >= 0.6 is 11.6 Å². The zero-order valence-electron chi connectivity index (χ0n) is 14.3. The molecule has 0 aliphatic carbocycles.